The van der Waals surface area contributed by atoms with Crippen LogP contribution in [0.2, 0.25) is 0 Å². The van der Waals surface area contributed by atoms with E-state index in [-0.39, 0.29) is 29.9 Å². The van der Waals surface area contributed by atoms with E-state index in [0.29, 0.717) is 18.6 Å². The minimum Gasteiger partial charge on any atom is -0.477 e. The molecule has 0 bridgehead atoms. The smallest absolute Gasteiger partial charge is 0.416 e. The quantitative estimate of drug-likeness (QED) is 0.507. The average molecular weight is 537 g/mol. The fraction of sp³-hybridized carbons (Fsp3) is 0.407. The van der Waals surface area contributed by atoms with E-state index in [1.165, 1.54) is 30.5 Å². The minimum atomic E-state index is -4.72. The Bertz CT molecular complexity index is 1260. The predicted octanol–water partition coefficient (Wildman–Crippen LogP) is 4.88. The summed E-state index contributed by atoms with van der Waals surface area (Å²) in [5.41, 5.74) is 3.41. The number of alkyl halides is 3. The van der Waals surface area contributed by atoms with Crippen molar-refractivity contribution < 1.29 is 41.3 Å². The summed E-state index contributed by atoms with van der Waals surface area (Å²) < 4.78 is 77.9. The van der Waals surface area contributed by atoms with Crippen molar-refractivity contribution in [1.82, 2.24) is 4.98 Å². The van der Waals surface area contributed by atoms with E-state index in [4.69, 9.17) is 24.7 Å². The molecule has 1 aromatic heterocycles. The van der Waals surface area contributed by atoms with Gasteiger partial charge in [0.1, 0.15) is 24.1 Å². The molecular weight excluding hydrogens is 508 g/mol. The standard InChI is InChI=1S/C27H28F4N2O5/c1-16-12-19(28)4-5-22(16)38-26(9-6-18(27(29,30)31)13-21(26)24(32)34)17-7-10-33-23(14-17)35-15-20-8-11-36-25(2,3)37-20/h4-7,9-10,12-14,20-21H,8,11,15H2,1-3H3,(H2,32,34). The Morgan fingerprint density at radius 3 is 2.66 bits per heavy atom. The molecule has 0 radical (unpaired) electrons. The van der Waals surface area contributed by atoms with Gasteiger partial charge >= 0.3 is 6.18 Å². The van der Waals surface area contributed by atoms with Crippen LogP contribution in [0.5, 0.6) is 11.6 Å². The Hall–Kier alpha value is -3.44. The normalized spacial score (nSPS) is 25.0. The van der Waals surface area contributed by atoms with Gasteiger partial charge in [-0.15, -0.1) is 0 Å². The lowest BCUT2D eigenvalue weighted by molar-refractivity contribution is -0.276. The number of hydrogen-bond acceptors (Lipinski definition) is 6. The monoisotopic (exact) mass is 536 g/mol. The number of primary amides is 1. The van der Waals surface area contributed by atoms with Crippen molar-refractivity contribution in [2.24, 2.45) is 11.7 Å². The molecule has 2 aliphatic rings. The Kier molecular flexibility index (Phi) is 7.53. The molecule has 4 rings (SSSR count). The summed E-state index contributed by atoms with van der Waals surface area (Å²) in [6.45, 7) is 5.78. The highest BCUT2D eigenvalue weighted by Gasteiger charge is 2.48. The third-order valence-electron chi connectivity index (χ3n) is 6.31. The van der Waals surface area contributed by atoms with Gasteiger partial charge in [-0.25, -0.2) is 9.37 Å². The number of carbonyl (C=O) groups is 1. The Morgan fingerprint density at radius 2 is 2.00 bits per heavy atom. The number of halogens is 4. The maximum atomic E-state index is 13.7. The highest BCUT2D eigenvalue weighted by molar-refractivity contribution is 5.82. The molecule has 1 aliphatic carbocycles. The lowest BCUT2D eigenvalue weighted by atomic mass is 9.76. The molecule has 1 saturated heterocycles. The zero-order valence-corrected chi connectivity index (χ0v) is 21.0. The van der Waals surface area contributed by atoms with Gasteiger partial charge in [0.05, 0.1) is 18.3 Å². The lowest BCUT2D eigenvalue weighted by Crippen LogP contribution is -2.47. The van der Waals surface area contributed by atoms with Crippen LogP contribution in [-0.2, 0) is 19.9 Å². The maximum Gasteiger partial charge on any atom is 0.416 e. The van der Waals surface area contributed by atoms with E-state index >= 15 is 0 Å². The fourth-order valence-electron chi connectivity index (χ4n) is 4.46. The van der Waals surface area contributed by atoms with Crippen molar-refractivity contribution in [2.75, 3.05) is 13.2 Å². The molecule has 0 saturated carbocycles. The SMILES string of the molecule is Cc1cc(F)ccc1OC1(c2ccnc(OCC3CCOC(C)(C)O3)c2)C=CC(C(F)(F)F)=CC1C(N)=O. The molecule has 1 aliphatic heterocycles. The second kappa shape index (κ2) is 10.4. The number of ether oxygens (including phenoxy) is 4. The van der Waals surface area contributed by atoms with Crippen molar-refractivity contribution in [3.8, 4) is 11.6 Å². The van der Waals surface area contributed by atoms with E-state index in [1.807, 2.05) is 0 Å². The first kappa shape index (κ1) is 27.6. The third kappa shape index (κ3) is 5.99. The molecule has 2 heterocycles. The van der Waals surface area contributed by atoms with Crippen molar-refractivity contribution in [1.29, 1.82) is 0 Å². The highest BCUT2D eigenvalue weighted by Crippen LogP contribution is 2.44. The van der Waals surface area contributed by atoms with Crippen LogP contribution < -0.4 is 15.2 Å². The van der Waals surface area contributed by atoms with E-state index in [9.17, 15) is 22.4 Å². The number of benzene rings is 1. The first-order valence-electron chi connectivity index (χ1n) is 11.9. The number of pyridine rings is 1. The topological polar surface area (TPSA) is 92.9 Å². The van der Waals surface area contributed by atoms with Crippen LogP contribution in [0.25, 0.3) is 0 Å². The molecule has 204 valence electrons. The number of hydrogen-bond donors (Lipinski definition) is 1. The molecule has 1 aromatic carbocycles. The summed E-state index contributed by atoms with van der Waals surface area (Å²) in [7, 11) is 0. The Labute approximate surface area is 217 Å². The summed E-state index contributed by atoms with van der Waals surface area (Å²) in [5, 5.41) is 0. The number of carbonyl (C=O) groups excluding carboxylic acids is 1. The van der Waals surface area contributed by atoms with Crippen LogP contribution in [0.1, 0.15) is 31.4 Å². The van der Waals surface area contributed by atoms with Gasteiger partial charge in [-0.3, -0.25) is 4.79 Å². The predicted molar refractivity (Wildman–Crippen MR) is 129 cm³/mol. The molecule has 2 N–H and O–H groups in total. The van der Waals surface area contributed by atoms with Crippen LogP contribution in [0.4, 0.5) is 17.6 Å². The maximum absolute atomic E-state index is 13.7. The number of rotatable bonds is 7. The summed E-state index contributed by atoms with van der Waals surface area (Å²) in [6, 6.07) is 6.66. The number of amides is 1. The zero-order chi connectivity index (χ0) is 27.7. The average Bonchev–Trinajstić information content (AvgIpc) is 2.83. The van der Waals surface area contributed by atoms with Gasteiger partial charge in [0.2, 0.25) is 11.8 Å². The van der Waals surface area contributed by atoms with E-state index in [2.05, 4.69) is 4.98 Å². The molecule has 2 aromatic rings. The third-order valence-corrected chi connectivity index (χ3v) is 6.31. The van der Waals surface area contributed by atoms with E-state index in [1.54, 1.807) is 20.8 Å². The van der Waals surface area contributed by atoms with Gasteiger partial charge in [-0.2, -0.15) is 13.2 Å². The number of aromatic nitrogens is 1. The van der Waals surface area contributed by atoms with Crippen LogP contribution in [0.3, 0.4) is 0 Å². The Balaban J connectivity index is 1.72. The molecule has 1 fully saturated rings. The van der Waals surface area contributed by atoms with Crippen LogP contribution in [-0.4, -0.2) is 42.2 Å². The minimum absolute atomic E-state index is 0.136. The molecule has 3 atom stereocenters. The molecular formula is C27H28F4N2O5. The lowest BCUT2D eigenvalue weighted by Gasteiger charge is -2.39. The van der Waals surface area contributed by atoms with Gasteiger partial charge in [0.15, 0.2) is 11.4 Å². The molecule has 7 nitrogen and oxygen atoms in total. The second-order valence-corrected chi connectivity index (χ2v) is 9.61. The summed E-state index contributed by atoms with van der Waals surface area (Å²) in [6.07, 6.45) is -0.309. The van der Waals surface area contributed by atoms with Crippen LogP contribution in [0, 0.1) is 18.7 Å². The largest absolute Gasteiger partial charge is 0.477 e. The van der Waals surface area contributed by atoms with Crippen molar-refractivity contribution in [3.63, 3.8) is 0 Å². The second-order valence-electron chi connectivity index (χ2n) is 9.61. The molecule has 0 spiro atoms. The Morgan fingerprint density at radius 1 is 1.24 bits per heavy atom. The highest BCUT2D eigenvalue weighted by atomic mass is 19.4. The molecule has 1 amide bonds. The van der Waals surface area contributed by atoms with Crippen molar-refractivity contribution in [2.45, 2.75) is 50.9 Å². The van der Waals surface area contributed by atoms with Gasteiger partial charge in [0, 0.05) is 24.2 Å². The zero-order valence-electron chi connectivity index (χ0n) is 21.0. The molecule has 38 heavy (non-hydrogen) atoms. The first-order valence-corrected chi connectivity index (χ1v) is 11.9. The van der Waals surface area contributed by atoms with Gasteiger partial charge in [0.25, 0.3) is 0 Å². The van der Waals surface area contributed by atoms with Crippen LogP contribution in [0.15, 0.2) is 60.3 Å². The number of aryl methyl sites for hydroxylation is 1. The fourth-order valence-corrected chi connectivity index (χ4v) is 4.46. The number of nitrogens with zero attached hydrogens (tertiary/aromatic N) is 1. The summed E-state index contributed by atoms with van der Waals surface area (Å²) in [4.78, 5) is 16.8. The molecule has 3 unspecified atom stereocenters. The van der Waals surface area contributed by atoms with Gasteiger partial charge in [-0.1, -0.05) is 6.08 Å². The van der Waals surface area contributed by atoms with E-state index in [0.717, 1.165) is 24.3 Å². The molecule has 11 heteroatoms. The van der Waals surface area contributed by atoms with E-state index < -0.39 is 40.8 Å². The first-order chi connectivity index (χ1) is 17.8. The summed E-state index contributed by atoms with van der Waals surface area (Å²) in [5.74, 6) is -3.61. The number of allylic oxidation sites excluding steroid dienone is 2. The van der Waals surface area contributed by atoms with Crippen LogP contribution >= 0.6 is 0 Å². The summed E-state index contributed by atoms with van der Waals surface area (Å²) >= 11 is 0. The van der Waals surface area contributed by atoms with Crippen molar-refractivity contribution >= 4 is 5.91 Å². The van der Waals surface area contributed by atoms with Crippen molar-refractivity contribution in [3.05, 3.63) is 77.3 Å². The van der Waals surface area contributed by atoms with Gasteiger partial charge in [-0.05, 0) is 62.8 Å². The number of nitrogens with two attached hydrogens (primary N) is 1. The van der Waals surface area contributed by atoms with Gasteiger partial charge < -0.3 is 24.7 Å².